The van der Waals surface area contributed by atoms with Crippen LogP contribution in [0.25, 0.3) is 10.8 Å². The lowest BCUT2D eigenvalue weighted by Crippen LogP contribution is -2.20. The van der Waals surface area contributed by atoms with E-state index < -0.39 is 0 Å². The molecule has 0 radical (unpaired) electrons. The molecule has 0 unspecified atom stereocenters. The molecule has 0 spiro atoms. The summed E-state index contributed by atoms with van der Waals surface area (Å²) in [7, 11) is 1.67. The monoisotopic (exact) mass is 302 g/mol. The maximum absolute atomic E-state index is 9.13. The fraction of sp³-hybridized carbons (Fsp3) is 0.308. The van der Waals surface area contributed by atoms with Crippen molar-refractivity contribution in [3.8, 4) is 11.9 Å². The van der Waals surface area contributed by atoms with Crippen molar-refractivity contribution >= 4 is 16.3 Å². The van der Waals surface area contributed by atoms with E-state index in [2.05, 4.69) is 21.4 Å². The molecule has 0 aliphatic heterocycles. The highest BCUT2D eigenvalue weighted by Gasteiger charge is 2.16. The molecule has 3 aromatic heterocycles. The summed E-state index contributed by atoms with van der Waals surface area (Å²) in [5.74, 6) is 1.07. The lowest BCUT2D eigenvalue weighted by molar-refractivity contribution is 0.199. The van der Waals surface area contributed by atoms with Crippen molar-refractivity contribution in [3.05, 3.63) is 35.5 Å². The Morgan fingerprint density at radius 2 is 2.38 bits per heavy atom. The quantitative estimate of drug-likeness (QED) is 0.692. The Hall–Kier alpha value is -2.21. The Kier molecular flexibility index (Phi) is 3.96. The van der Waals surface area contributed by atoms with E-state index in [0.29, 0.717) is 19.0 Å². The molecule has 0 saturated carbocycles. The summed E-state index contributed by atoms with van der Waals surface area (Å²) in [5.41, 5.74) is 0.997. The zero-order valence-electron chi connectivity index (χ0n) is 11.5. The zero-order chi connectivity index (χ0) is 14.7. The summed E-state index contributed by atoms with van der Waals surface area (Å²) in [4.78, 5) is 9.53. The highest BCUT2D eigenvalue weighted by Crippen LogP contribution is 2.21. The first-order chi connectivity index (χ1) is 10.3. The summed E-state index contributed by atoms with van der Waals surface area (Å²) >= 11 is 1.56. The highest BCUT2D eigenvalue weighted by molar-refractivity contribution is 7.15. The molecule has 7 nitrogen and oxygen atoms in total. The second kappa shape index (κ2) is 6.05. The van der Waals surface area contributed by atoms with Gasteiger partial charge in [0.05, 0.1) is 12.3 Å². The van der Waals surface area contributed by atoms with E-state index in [-0.39, 0.29) is 0 Å². The standard InChI is InChI=1S/C13H14N6OS/c1-20-6-3-15-9-10-12(17-13-18(10)5-7-21-13)19-4-2-16-11(19)8-14/h2,4-5,7,15H,3,6,9H2,1H3. The van der Waals surface area contributed by atoms with Crippen LogP contribution in [0.15, 0.2) is 24.0 Å². The fourth-order valence-corrected chi connectivity index (χ4v) is 2.84. The largest absolute Gasteiger partial charge is 0.383 e. The third kappa shape index (κ3) is 2.54. The molecule has 3 rings (SSSR count). The van der Waals surface area contributed by atoms with Crippen LogP contribution in [0.1, 0.15) is 11.5 Å². The normalized spacial score (nSPS) is 11.0. The molecule has 21 heavy (non-hydrogen) atoms. The lowest BCUT2D eigenvalue weighted by Gasteiger charge is -2.07. The average Bonchev–Trinajstić information content (AvgIpc) is 3.18. The number of methoxy groups -OCH3 is 1. The molecule has 3 heterocycles. The summed E-state index contributed by atoms with van der Waals surface area (Å²) in [5, 5.41) is 14.4. The predicted octanol–water partition coefficient (Wildman–Crippen LogP) is 1.19. The van der Waals surface area contributed by atoms with Crippen LogP contribution in [-0.2, 0) is 11.3 Å². The number of hydrogen-bond donors (Lipinski definition) is 1. The molecule has 0 bridgehead atoms. The molecule has 1 N–H and O–H groups in total. The number of nitrogens with zero attached hydrogens (tertiary/aromatic N) is 5. The first kappa shape index (κ1) is 13.8. The van der Waals surface area contributed by atoms with Gasteiger partial charge in [-0.3, -0.25) is 8.97 Å². The Bertz CT molecular complexity index is 780. The fourth-order valence-electron chi connectivity index (χ4n) is 2.12. The van der Waals surface area contributed by atoms with Gasteiger partial charge in [-0.2, -0.15) is 5.26 Å². The van der Waals surface area contributed by atoms with Gasteiger partial charge in [0.2, 0.25) is 5.82 Å². The van der Waals surface area contributed by atoms with Gasteiger partial charge in [-0.1, -0.05) is 0 Å². The van der Waals surface area contributed by atoms with Crippen molar-refractivity contribution in [1.82, 2.24) is 24.3 Å². The van der Waals surface area contributed by atoms with Crippen LogP contribution in [-0.4, -0.2) is 39.2 Å². The van der Waals surface area contributed by atoms with E-state index in [1.165, 1.54) is 0 Å². The van der Waals surface area contributed by atoms with Gasteiger partial charge in [-0.05, 0) is 0 Å². The molecule has 108 valence electrons. The van der Waals surface area contributed by atoms with Crippen molar-refractivity contribution in [3.63, 3.8) is 0 Å². The third-order valence-corrected chi connectivity index (χ3v) is 3.84. The summed E-state index contributed by atoms with van der Waals surface area (Å²) in [6.45, 7) is 2.04. The maximum Gasteiger partial charge on any atom is 0.218 e. The van der Waals surface area contributed by atoms with E-state index in [1.807, 2.05) is 16.0 Å². The van der Waals surface area contributed by atoms with Gasteiger partial charge in [-0.25, -0.2) is 9.97 Å². The maximum atomic E-state index is 9.13. The highest BCUT2D eigenvalue weighted by atomic mass is 32.1. The molecular formula is C13H14N6OS. The van der Waals surface area contributed by atoms with Crippen molar-refractivity contribution < 1.29 is 4.74 Å². The molecule has 0 saturated heterocycles. The zero-order valence-corrected chi connectivity index (χ0v) is 12.3. The summed E-state index contributed by atoms with van der Waals surface area (Å²) in [6.07, 6.45) is 5.34. The number of thiazole rings is 1. The van der Waals surface area contributed by atoms with E-state index in [4.69, 9.17) is 10.00 Å². The van der Waals surface area contributed by atoms with E-state index >= 15 is 0 Å². The summed E-state index contributed by atoms with van der Waals surface area (Å²) in [6, 6.07) is 2.08. The molecule has 3 aromatic rings. The van der Waals surface area contributed by atoms with Gasteiger partial charge in [0.15, 0.2) is 10.8 Å². The Balaban J connectivity index is 1.98. The van der Waals surface area contributed by atoms with Crippen LogP contribution in [0.2, 0.25) is 0 Å². The van der Waals surface area contributed by atoms with Crippen LogP contribution < -0.4 is 5.32 Å². The SMILES string of the molecule is COCCNCc1c(-n2ccnc2C#N)nc2sccn12. The number of rotatable bonds is 6. The second-order valence-electron chi connectivity index (χ2n) is 4.34. The minimum absolute atomic E-state index is 0.332. The number of hydrogen-bond acceptors (Lipinski definition) is 6. The van der Waals surface area contributed by atoms with Gasteiger partial charge in [0.1, 0.15) is 6.07 Å². The number of nitriles is 1. The third-order valence-electron chi connectivity index (χ3n) is 3.08. The minimum atomic E-state index is 0.332. The first-order valence-electron chi connectivity index (χ1n) is 6.43. The Morgan fingerprint density at radius 3 is 3.19 bits per heavy atom. The van der Waals surface area contributed by atoms with Gasteiger partial charge in [0.25, 0.3) is 0 Å². The van der Waals surface area contributed by atoms with E-state index in [0.717, 1.165) is 23.0 Å². The van der Waals surface area contributed by atoms with Crippen LogP contribution in [0, 0.1) is 11.3 Å². The minimum Gasteiger partial charge on any atom is -0.383 e. The van der Waals surface area contributed by atoms with Gasteiger partial charge < -0.3 is 10.1 Å². The number of ether oxygens (including phenoxy) is 1. The summed E-state index contributed by atoms with van der Waals surface area (Å²) < 4.78 is 8.78. The van der Waals surface area contributed by atoms with Crippen molar-refractivity contribution in [1.29, 1.82) is 5.26 Å². The number of nitrogens with one attached hydrogen (secondary N) is 1. The molecule has 0 fully saturated rings. The van der Waals surface area contributed by atoms with Crippen LogP contribution in [0.3, 0.4) is 0 Å². The Labute approximate surface area is 125 Å². The molecule has 0 aromatic carbocycles. The van der Waals surface area contributed by atoms with Crippen LogP contribution in [0.5, 0.6) is 0 Å². The van der Waals surface area contributed by atoms with Crippen LogP contribution in [0.4, 0.5) is 0 Å². The van der Waals surface area contributed by atoms with Crippen molar-refractivity contribution in [2.24, 2.45) is 0 Å². The number of aromatic nitrogens is 4. The topological polar surface area (TPSA) is 80.2 Å². The van der Waals surface area contributed by atoms with E-state index in [9.17, 15) is 0 Å². The van der Waals surface area contributed by atoms with E-state index in [1.54, 1.807) is 35.4 Å². The predicted molar refractivity (Wildman–Crippen MR) is 78.5 cm³/mol. The average molecular weight is 302 g/mol. The van der Waals surface area contributed by atoms with Gasteiger partial charge in [-0.15, -0.1) is 11.3 Å². The van der Waals surface area contributed by atoms with Crippen molar-refractivity contribution in [2.45, 2.75) is 6.54 Å². The Morgan fingerprint density at radius 1 is 1.48 bits per heavy atom. The van der Waals surface area contributed by atoms with Crippen LogP contribution >= 0.6 is 11.3 Å². The number of fused-ring (bicyclic) bond motifs is 1. The first-order valence-corrected chi connectivity index (χ1v) is 7.31. The number of imidazole rings is 2. The van der Waals surface area contributed by atoms with Crippen molar-refractivity contribution in [2.75, 3.05) is 20.3 Å². The molecule has 8 heteroatoms. The molecule has 0 atom stereocenters. The second-order valence-corrected chi connectivity index (χ2v) is 5.21. The lowest BCUT2D eigenvalue weighted by atomic mass is 10.4. The van der Waals surface area contributed by atoms with Gasteiger partial charge >= 0.3 is 0 Å². The molecule has 0 aliphatic carbocycles. The molecular weight excluding hydrogens is 288 g/mol. The molecule has 0 aliphatic rings. The molecule has 0 amide bonds. The smallest absolute Gasteiger partial charge is 0.218 e. The van der Waals surface area contributed by atoms with Gasteiger partial charge in [0, 0.05) is 44.2 Å².